The minimum Gasteiger partial charge on any atom is -0.496 e. The molecule has 0 saturated heterocycles. The molecule has 1 N–H and O–H groups in total. The smallest absolute Gasteiger partial charge is 0.131 e. The maximum atomic E-state index is 9.74. The summed E-state index contributed by atoms with van der Waals surface area (Å²) >= 11 is 0. The zero-order valence-corrected chi connectivity index (χ0v) is 12.1. The minimum atomic E-state index is -0.563. The number of hydrogen-bond acceptors (Lipinski definition) is 3. The van der Waals surface area contributed by atoms with Gasteiger partial charge < -0.3 is 14.6 Å². The molecule has 0 spiro atoms. The van der Waals surface area contributed by atoms with Crippen molar-refractivity contribution in [2.24, 2.45) is 0 Å². The molecule has 2 rings (SSSR count). The summed E-state index contributed by atoms with van der Waals surface area (Å²) in [7, 11) is 1.61. The molecule has 0 radical (unpaired) electrons. The second-order valence-electron chi connectivity index (χ2n) is 4.76. The molecule has 0 aliphatic carbocycles. The summed E-state index contributed by atoms with van der Waals surface area (Å²) in [5.41, 5.74) is 2.80. The zero-order chi connectivity index (χ0) is 14.5. The first-order valence-corrected chi connectivity index (χ1v) is 6.65. The Labute approximate surface area is 119 Å². The molecule has 0 fully saturated rings. The van der Waals surface area contributed by atoms with Gasteiger partial charge in [-0.25, -0.2) is 0 Å². The number of hydrogen-bond donors (Lipinski definition) is 1. The van der Waals surface area contributed by atoms with Gasteiger partial charge in [-0.15, -0.1) is 0 Å². The van der Waals surface area contributed by atoms with Crippen LogP contribution in [0.5, 0.6) is 11.5 Å². The predicted molar refractivity (Wildman–Crippen MR) is 79.1 cm³/mol. The summed E-state index contributed by atoms with van der Waals surface area (Å²) in [5.74, 6) is 1.46. The number of benzene rings is 2. The van der Waals surface area contributed by atoms with E-state index in [9.17, 15) is 5.11 Å². The van der Waals surface area contributed by atoms with Crippen LogP contribution in [0.4, 0.5) is 0 Å². The summed E-state index contributed by atoms with van der Waals surface area (Å²) in [4.78, 5) is 0. The second kappa shape index (κ2) is 6.44. The lowest BCUT2D eigenvalue weighted by Gasteiger charge is -2.17. The molecule has 1 unspecified atom stereocenters. The number of rotatable bonds is 5. The van der Waals surface area contributed by atoms with Gasteiger partial charge in [0.15, 0.2) is 0 Å². The molecule has 0 aliphatic heterocycles. The Balaban J connectivity index is 2.21. The molecule has 1 atom stereocenters. The first-order valence-electron chi connectivity index (χ1n) is 6.65. The van der Waals surface area contributed by atoms with E-state index in [1.165, 1.54) is 0 Å². The van der Waals surface area contributed by atoms with Crippen LogP contribution in [0.3, 0.4) is 0 Å². The van der Waals surface area contributed by atoms with Crippen molar-refractivity contribution in [1.82, 2.24) is 0 Å². The molecule has 0 saturated carbocycles. The Hall–Kier alpha value is -2.00. The van der Waals surface area contributed by atoms with Crippen LogP contribution in [0, 0.1) is 6.92 Å². The van der Waals surface area contributed by atoms with E-state index in [0.717, 1.165) is 22.4 Å². The van der Waals surface area contributed by atoms with Crippen molar-refractivity contribution in [2.45, 2.75) is 26.6 Å². The van der Waals surface area contributed by atoms with Gasteiger partial charge in [-0.1, -0.05) is 30.3 Å². The van der Waals surface area contributed by atoms with Gasteiger partial charge in [0.1, 0.15) is 18.1 Å². The molecule has 106 valence electrons. The Kier molecular flexibility index (Phi) is 4.64. The van der Waals surface area contributed by atoms with Gasteiger partial charge in [0.2, 0.25) is 0 Å². The van der Waals surface area contributed by atoms with Crippen molar-refractivity contribution in [3.8, 4) is 11.5 Å². The monoisotopic (exact) mass is 272 g/mol. The predicted octanol–water partition coefficient (Wildman–Crippen LogP) is 3.64. The maximum absolute atomic E-state index is 9.74. The third-order valence-electron chi connectivity index (χ3n) is 3.28. The highest BCUT2D eigenvalue weighted by Crippen LogP contribution is 2.35. The quantitative estimate of drug-likeness (QED) is 0.903. The highest BCUT2D eigenvalue weighted by atomic mass is 16.5. The van der Waals surface area contributed by atoms with E-state index < -0.39 is 6.10 Å². The van der Waals surface area contributed by atoms with E-state index in [1.54, 1.807) is 14.0 Å². The molecule has 20 heavy (non-hydrogen) atoms. The molecule has 0 aliphatic rings. The summed E-state index contributed by atoms with van der Waals surface area (Å²) in [5, 5.41) is 9.74. The third-order valence-corrected chi connectivity index (χ3v) is 3.28. The zero-order valence-electron chi connectivity index (χ0n) is 12.1. The van der Waals surface area contributed by atoms with Crippen LogP contribution in [-0.4, -0.2) is 12.2 Å². The van der Waals surface area contributed by atoms with Crippen molar-refractivity contribution in [3.05, 3.63) is 59.2 Å². The van der Waals surface area contributed by atoms with E-state index in [1.807, 2.05) is 49.4 Å². The Morgan fingerprint density at radius 1 is 1.10 bits per heavy atom. The van der Waals surface area contributed by atoms with Crippen LogP contribution < -0.4 is 9.47 Å². The molecule has 3 heteroatoms. The van der Waals surface area contributed by atoms with Crippen molar-refractivity contribution >= 4 is 0 Å². The normalized spacial score (nSPS) is 12.0. The molecule has 0 amide bonds. The fourth-order valence-electron chi connectivity index (χ4n) is 2.19. The van der Waals surface area contributed by atoms with Crippen LogP contribution in [0.15, 0.2) is 42.5 Å². The fraction of sp³-hybridized carbons (Fsp3) is 0.294. The van der Waals surface area contributed by atoms with Crippen LogP contribution in [0.25, 0.3) is 0 Å². The van der Waals surface area contributed by atoms with Crippen LogP contribution in [0.2, 0.25) is 0 Å². The van der Waals surface area contributed by atoms with E-state index in [2.05, 4.69) is 0 Å². The van der Waals surface area contributed by atoms with Gasteiger partial charge in [0.05, 0.1) is 13.2 Å². The Morgan fingerprint density at radius 2 is 1.80 bits per heavy atom. The van der Waals surface area contributed by atoms with Gasteiger partial charge in [-0.05, 0) is 31.5 Å². The van der Waals surface area contributed by atoms with Crippen LogP contribution in [0.1, 0.15) is 29.7 Å². The Morgan fingerprint density at radius 3 is 2.40 bits per heavy atom. The van der Waals surface area contributed by atoms with Crippen molar-refractivity contribution in [3.63, 3.8) is 0 Å². The van der Waals surface area contributed by atoms with Gasteiger partial charge in [0, 0.05) is 11.1 Å². The highest BCUT2D eigenvalue weighted by Gasteiger charge is 2.14. The SMILES string of the molecule is COc1c(C(C)O)ccc(OCc2ccccc2)c1C. The van der Waals surface area contributed by atoms with Crippen molar-refractivity contribution in [1.29, 1.82) is 0 Å². The van der Waals surface area contributed by atoms with Crippen LogP contribution >= 0.6 is 0 Å². The summed E-state index contributed by atoms with van der Waals surface area (Å²) in [6.45, 7) is 4.17. The topological polar surface area (TPSA) is 38.7 Å². The Bertz CT molecular complexity index is 562. The fourth-order valence-corrected chi connectivity index (χ4v) is 2.19. The van der Waals surface area contributed by atoms with Gasteiger partial charge >= 0.3 is 0 Å². The van der Waals surface area contributed by atoms with Crippen molar-refractivity contribution < 1.29 is 14.6 Å². The number of ether oxygens (including phenoxy) is 2. The molecule has 2 aromatic rings. The molecular formula is C17H20O3. The van der Waals surface area contributed by atoms with Crippen molar-refractivity contribution in [2.75, 3.05) is 7.11 Å². The van der Waals surface area contributed by atoms with Gasteiger partial charge in [-0.2, -0.15) is 0 Å². The number of methoxy groups -OCH3 is 1. The molecule has 0 bridgehead atoms. The van der Waals surface area contributed by atoms with Gasteiger partial charge in [0.25, 0.3) is 0 Å². The summed E-state index contributed by atoms with van der Waals surface area (Å²) in [6, 6.07) is 13.7. The third kappa shape index (κ3) is 3.11. The lowest BCUT2D eigenvalue weighted by Crippen LogP contribution is -2.02. The average Bonchev–Trinajstić information content (AvgIpc) is 2.46. The second-order valence-corrected chi connectivity index (χ2v) is 4.76. The van der Waals surface area contributed by atoms with E-state index >= 15 is 0 Å². The molecule has 0 heterocycles. The average molecular weight is 272 g/mol. The number of aliphatic hydroxyl groups excluding tert-OH is 1. The molecule has 3 nitrogen and oxygen atoms in total. The highest BCUT2D eigenvalue weighted by molar-refractivity contribution is 5.50. The van der Waals surface area contributed by atoms with E-state index in [-0.39, 0.29) is 0 Å². The number of aliphatic hydroxyl groups is 1. The summed E-state index contributed by atoms with van der Waals surface area (Å²) < 4.78 is 11.2. The lowest BCUT2D eigenvalue weighted by atomic mass is 10.0. The van der Waals surface area contributed by atoms with Gasteiger partial charge in [-0.3, -0.25) is 0 Å². The van der Waals surface area contributed by atoms with E-state index in [0.29, 0.717) is 12.4 Å². The minimum absolute atomic E-state index is 0.513. The largest absolute Gasteiger partial charge is 0.496 e. The molecule has 2 aromatic carbocycles. The van der Waals surface area contributed by atoms with E-state index in [4.69, 9.17) is 9.47 Å². The first kappa shape index (κ1) is 14.4. The standard InChI is InChI=1S/C17H20O3/c1-12-16(20-11-14-7-5-4-6-8-14)10-9-15(13(2)18)17(12)19-3/h4-10,13,18H,11H2,1-3H3. The summed E-state index contributed by atoms with van der Waals surface area (Å²) in [6.07, 6.45) is -0.563. The molecule has 0 aromatic heterocycles. The molecular weight excluding hydrogens is 252 g/mol. The maximum Gasteiger partial charge on any atom is 0.131 e. The van der Waals surface area contributed by atoms with Crippen LogP contribution in [-0.2, 0) is 6.61 Å². The lowest BCUT2D eigenvalue weighted by molar-refractivity contribution is 0.193. The first-order chi connectivity index (χ1) is 9.63.